The average Bonchev–Trinajstić information content (AvgIpc) is 0.804. The number of hydrogen-bond donors (Lipinski definition) is 0. The summed E-state index contributed by atoms with van der Waals surface area (Å²) in [5.41, 5.74) is 20.2. The summed E-state index contributed by atoms with van der Waals surface area (Å²) in [5, 5.41) is 17.7. The maximum absolute atomic E-state index is 2.38. The van der Waals surface area contributed by atoms with Gasteiger partial charge >= 0.3 is 0 Å². The molecule has 2 heteroatoms. The largest absolute Gasteiger partial charge is 0.135 e. The molecule has 458 valence electrons. The standard InChI is InChI=1S/C50H32S.C46H30S/c1-2-15-34(16-3-1)47-30-31-48(51-47)35-18-12-19-36(32-35)49-42-23-8-10-25-44(42)50(45-26-11-9-24-43(45)49)46-29-28-41(39-21-6-7-22-40(39)46)38-27-13-17-33-14-4-5-20-37(33)38;1-3-14-31(15-4-1)35-26-27-42(37-21-8-7-20-36(35)37)46-40-24-11-9-22-38(40)45(39-23-10-12-25-41(39)46)34-19-13-18-33(30-34)44-29-28-43(47-44)32-16-5-2-6-17-32/h1-32H;1-30H. The van der Waals surface area contributed by atoms with Gasteiger partial charge in [0.15, 0.2) is 0 Å². The Hall–Kier alpha value is -12.0. The lowest BCUT2D eigenvalue weighted by Gasteiger charge is -2.20. The van der Waals surface area contributed by atoms with Crippen molar-refractivity contribution >= 4 is 98.1 Å². The zero-order valence-corrected chi connectivity index (χ0v) is 55.2. The van der Waals surface area contributed by atoms with Gasteiger partial charge in [0, 0.05) is 19.5 Å². The Bertz CT molecular complexity index is 6110. The van der Waals surface area contributed by atoms with Gasteiger partial charge in [-0.2, -0.15) is 0 Å². The Balaban J connectivity index is 0.000000143. The predicted octanol–water partition coefficient (Wildman–Crippen LogP) is 28.2. The quantitative estimate of drug-likeness (QED) is 0.120. The van der Waals surface area contributed by atoms with Crippen molar-refractivity contribution < 1.29 is 0 Å². The van der Waals surface area contributed by atoms with Gasteiger partial charge < -0.3 is 0 Å². The van der Waals surface area contributed by atoms with E-state index < -0.39 is 0 Å². The molecule has 19 aromatic rings. The van der Waals surface area contributed by atoms with E-state index >= 15 is 0 Å². The van der Waals surface area contributed by atoms with Crippen LogP contribution in [0.25, 0.3) is 184 Å². The maximum atomic E-state index is 2.38. The third-order valence-corrected chi connectivity index (χ3v) is 22.0. The molecule has 2 heterocycles. The van der Waals surface area contributed by atoms with Crippen LogP contribution in [0.2, 0.25) is 0 Å². The second-order valence-corrected chi connectivity index (χ2v) is 27.4. The Labute approximate surface area is 578 Å². The van der Waals surface area contributed by atoms with Crippen molar-refractivity contribution in [3.8, 4) is 109 Å². The third kappa shape index (κ3) is 10.5. The first kappa shape index (κ1) is 58.5. The topological polar surface area (TPSA) is 0 Å². The van der Waals surface area contributed by atoms with E-state index in [1.807, 2.05) is 22.7 Å². The number of thiophene rings is 2. The summed E-state index contributed by atoms with van der Waals surface area (Å²) in [7, 11) is 0. The normalized spacial score (nSPS) is 11.5. The highest BCUT2D eigenvalue weighted by Crippen LogP contribution is 2.50. The molecule has 17 aromatic carbocycles. The van der Waals surface area contributed by atoms with E-state index in [2.05, 4.69) is 376 Å². The van der Waals surface area contributed by atoms with Crippen molar-refractivity contribution in [2.24, 2.45) is 0 Å². The van der Waals surface area contributed by atoms with Crippen molar-refractivity contribution in [2.45, 2.75) is 0 Å². The van der Waals surface area contributed by atoms with Crippen LogP contribution in [0.4, 0.5) is 0 Å². The van der Waals surface area contributed by atoms with Crippen LogP contribution in [0.3, 0.4) is 0 Å². The molecule has 0 unspecified atom stereocenters. The highest BCUT2D eigenvalue weighted by atomic mass is 32.1. The fourth-order valence-corrected chi connectivity index (χ4v) is 17.2. The molecule has 0 atom stereocenters. The molecule has 0 saturated carbocycles. The minimum atomic E-state index is 1.23. The van der Waals surface area contributed by atoms with Crippen LogP contribution in [0.5, 0.6) is 0 Å². The molecule has 0 N–H and O–H groups in total. The summed E-state index contributed by atoms with van der Waals surface area (Å²) in [5.74, 6) is 0. The van der Waals surface area contributed by atoms with Gasteiger partial charge in [-0.05, 0) is 201 Å². The molecule has 0 aliphatic rings. The van der Waals surface area contributed by atoms with E-state index in [1.54, 1.807) is 0 Å². The molecular formula is C96H62S2. The Morgan fingerprint density at radius 3 is 0.806 bits per heavy atom. The van der Waals surface area contributed by atoms with Crippen molar-refractivity contribution in [2.75, 3.05) is 0 Å². The van der Waals surface area contributed by atoms with Gasteiger partial charge in [0.1, 0.15) is 0 Å². The summed E-state index contributed by atoms with van der Waals surface area (Å²) in [4.78, 5) is 5.13. The summed E-state index contributed by atoms with van der Waals surface area (Å²) in [6, 6.07) is 138. The highest BCUT2D eigenvalue weighted by molar-refractivity contribution is 7.19. The van der Waals surface area contributed by atoms with Gasteiger partial charge in [-0.15, -0.1) is 22.7 Å². The molecule has 0 spiro atoms. The zero-order valence-electron chi connectivity index (χ0n) is 53.6. The van der Waals surface area contributed by atoms with Crippen LogP contribution in [0.15, 0.2) is 376 Å². The van der Waals surface area contributed by atoms with E-state index in [9.17, 15) is 0 Å². The van der Waals surface area contributed by atoms with Crippen LogP contribution < -0.4 is 0 Å². The minimum Gasteiger partial charge on any atom is -0.135 e. The lowest BCUT2D eigenvalue weighted by atomic mass is 9.83. The number of rotatable bonds is 10. The molecule has 0 amide bonds. The second-order valence-electron chi connectivity index (χ2n) is 25.2. The fraction of sp³-hybridized carbons (Fsp3) is 0. The fourth-order valence-electron chi connectivity index (χ4n) is 15.2. The Morgan fingerprint density at radius 2 is 0.388 bits per heavy atom. The number of hydrogen-bond acceptors (Lipinski definition) is 2. The van der Waals surface area contributed by atoms with E-state index in [0.717, 1.165) is 0 Å². The van der Waals surface area contributed by atoms with E-state index in [1.165, 1.54) is 184 Å². The Morgan fingerprint density at radius 1 is 0.133 bits per heavy atom. The SMILES string of the molecule is c1ccc(-c2ccc(-c3cccc(-c4c5ccccc5c(-c5ccc(-c6cccc7ccccc67)c6ccccc56)c5ccccc45)c3)s2)cc1.c1ccc(-c2ccc(-c3cccc(-c4c5ccccc5c(-c5ccc(-c6ccccc6)c6ccccc56)c5ccccc45)c3)s2)cc1. The predicted molar refractivity (Wildman–Crippen MR) is 426 cm³/mol. The Kier molecular flexibility index (Phi) is 15.1. The zero-order chi connectivity index (χ0) is 64.9. The monoisotopic (exact) mass is 1280 g/mol. The summed E-state index contributed by atoms with van der Waals surface area (Å²) in [6.07, 6.45) is 0. The van der Waals surface area contributed by atoms with Crippen molar-refractivity contribution in [3.05, 3.63) is 376 Å². The molecular weight excluding hydrogens is 1220 g/mol. The smallest absolute Gasteiger partial charge is 0.0349 e. The molecule has 98 heavy (non-hydrogen) atoms. The summed E-state index contributed by atoms with van der Waals surface area (Å²) < 4.78 is 0. The van der Waals surface area contributed by atoms with Crippen LogP contribution in [0.1, 0.15) is 0 Å². The molecule has 2 aromatic heterocycles. The molecule has 19 rings (SSSR count). The molecule has 0 aliphatic heterocycles. The summed E-state index contributed by atoms with van der Waals surface area (Å²) >= 11 is 3.70. The molecule has 0 aliphatic carbocycles. The lowest BCUT2D eigenvalue weighted by Crippen LogP contribution is -1.93. The van der Waals surface area contributed by atoms with Crippen LogP contribution in [-0.4, -0.2) is 0 Å². The highest BCUT2D eigenvalue weighted by Gasteiger charge is 2.23. The molecule has 0 nitrogen and oxygen atoms in total. The van der Waals surface area contributed by atoms with Crippen LogP contribution >= 0.6 is 22.7 Å². The average molecular weight is 1280 g/mol. The summed E-state index contributed by atoms with van der Waals surface area (Å²) in [6.45, 7) is 0. The van der Waals surface area contributed by atoms with Gasteiger partial charge in [0.25, 0.3) is 0 Å². The van der Waals surface area contributed by atoms with Crippen molar-refractivity contribution in [3.63, 3.8) is 0 Å². The van der Waals surface area contributed by atoms with Crippen molar-refractivity contribution in [1.82, 2.24) is 0 Å². The van der Waals surface area contributed by atoms with Gasteiger partial charge in [0.2, 0.25) is 0 Å². The number of fused-ring (bicyclic) bond motifs is 7. The van der Waals surface area contributed by atoms with Crippen LogP contribution in [0, 0.1) is 0 Å². The molecule has 0 fully saturated rings. The number of benzene rings is 17. The van der Waals surface area contributed by atoms with Gasteiger partial charge in [-0.3, -0.25) is 0 Å². The van der Waals surface area contributed by atoms with Crippen molar-refractivity contribution in [1.29, 1.82) is 0 Å². The first-order chi connectivity index (χ1) is 48.6. The first-order valence-electron chi connectivity index (χ1n) is 33.6. The van der Waals surface area contributed by atoms with E-state index in [-0.39, 0.29) is 0 Å². The molecule has 0 saturated heterocycles. The van der Waals surface area contributed by atoms with E-state index in [4.69, 9.17) is 0 Å². The lowest BCUT2D eigenvalue weighted by molar-refractivity contribution is 1.64. The minimum absolute atomic E-state index is 1.23. The molecule has 0 radical (unpaired) electrons. The van der Waals surface area contributed by atoms with Crippen LogP contribution in [-0.2, 0) is 0 Å². The van der Waals surface area contributed by atoms with Gasteiger partial charge in [0.05, 0.1) is 0 Å². The first-order valence-corrected chi connectivity index (χ1v) is 35.3. The molecule has 0 bridgehead atoms. The van der Waals surface area contributed by atoms with Gasteiger partial charge in [-0.1, -0.05) is 340 Å². The van der Waals surface area contributed by atoms with Gasteiger partial charge in [-0.25, -0.2) is 0 Å². The third-order valence-electron chi connectivity index (χ3n) is 19.6. The maximum Gasteiger partial charge on any atom is 0.0349 e. The van der Waals surface area contributed by atoms with E-state index in [0.29, 0.717) is 0 Å². The second kappa shape index (κ2) is 25.3.